The molecule has 0 bridgehead atoms. The van der Waals surface area contributed by atoms with Crippen molar-refractivity contribution in [1.82, 2.24) is 19.6 Å². The smallest absolute Gasteiger partial charge is 0.223 e. The van der Waals surface area contributed by atoms with E-state index >= 15 is 0 Å². The summed E-state index contributed by atoms with van der Waals surface area (Å²) in [7, 11) is 0. The minimum absolute atomic E-state index is 0.464. The van der Waals surface area contributed by atoms with Crippen molar-refractivity contribution in [2.24, 2.45) is 0 Å². The molecule has 6 heteroatoms. The highest BCUT2D eigenvalue weighted by molar-refractivity contribution is 6.30. The fraction of sp³-hybridized carbons (Fsp3) is 0.227. The van der Waals surface area contributed by atoms with Gasteiger partial charge in [0.25, 0.3) is 0 Å². The van der Waals surface area contributed by atoms with Crippen LogP contribution < -0.4 is 5.32 Å². The SMILES string of the molecule is Clc1cccc(-c2nn3ccccc3c2-c2ccnc(NC3CCCC3)n2)c1. The molecule has 1 aliphatic carbocycles. The average Bonchev–Trinajstić information content (AvgIpc) is 3.35. The first kappa shape index (κ1) is 17.2. The number of hydrogen-bond donors (Lipinski definition) is 1. The quantitative estimate of drug-likeness (QED) is 0.503. The molecule has 0 aliphatic heterocycles. The second-order valence-electron chi connectivity index (χ2n) is 7.16. The van der Waals surface area contributed by atoms with Crippen molar-refractivity contribution < 1.29 is 0 Å². The Morgan fingerprint density at radius 1 is 1.04 bits per heavy atom. The molecule has 1 saturated carbocycles. The molecule has 1 aromatic carbocycles. The molecule has 3 heterocycles. The Labute approximate surface area is 168 Å². The summed E-state index contributed by atoms with van der Waals surface area (Å²) in [6, 6.07) is 16.2. The molecular weight excluding hydrogens is 370 g/mol. The van der Waals surface area contributed by atoms with E-state index in [1.54, 1.807) is 0 Å². The zero-order chi connectivity index (χ0) is 18.9. The Hall–Kier alpha value is -2.92. The number of fused-ring (bicyclic) bond motifs is 1. The van der Waals surface area contributed by atoms with E-state index in [1.165, 1.54) is 25.7 Å². The Bertz CT molecular complexity index is 1130. The number of anilines is 1. The molecule has 0 amide bonds. The zero-order valence-corrected chi connectivity index (χ0v) is 16.1. The lowest BCUT2D eigenvalue weighted by atomic mass is 10.0. The lowest BCUT2D eigenvalue weighted by molar-refractivity contribution is 0.744. The van der Waals surface area contributed by atoms with Crippen LogP contribution in [0.3, 0.4) is 0 Å². The minimum Gasteiger partial charge on any atom is -0.351 e. The van der Waals surface area contributed by atoms with Crippen LogP contribution in [-0.4, -0.2) is 25.6 Å². The highest BCUT2D eigenvalue weighted by atomic mass is 35.5. The number of nitrogens with one attached hydrogen (secondary N) is 1. The van der Waals surface area contributed by atoms with E-state index in [0.29, 0.717) is 17.0 Å². The topological polar surface area (TPSA) is 55.1 Å². The minimum atomic E-state index is 0.464. The second kappa shape index (κ2) is 7.24. The number of rotatable bonds is 4. The van der Waals surface area contributed by atoms with Crippen molar-refractivity contribution in [3.63, 3.8) is 0 Å². The van der Waals surface area contributed by atoms with Gasteiger partial charge in [-0.1, -0.05) is 42.6 Å². The van der Waals surface area contributed by atoms with Gasteiger partial charge in [0, 0.05) is 29.0 Å². The maximum Gasteiger partial charge on any atom is 0.223 e. The van der Waals surface area contributed by atoms with Gasteiger partial charge in [0.05, 0.1) is 16.8 Å². The maximum absolute atomic E-state index is 6.24. The molecule has 140 valence electrons. The van der Waals surface area contributed by atoms with Crippen molar-refractivity contribution in [2.45, 2.75) is 31.7 Å². The van der Waals surface area contributed by atoms with E-state index in [-0.39, 0.29) is 0 Å². The first-order valence-electron chi connectivity index (χ1n) is 9.61. The summed E-state index contributed by atoms with van der Waals surface area (Å²) < 4.78 is 1.89. The van der Waals surface area contributed by atoms with E-state index < -0.39 is 0 Å². The molecule has 0 spiro atoms. The summed E-state index contributed by atoms with van der Waals surface area (Å²) in [6.45, 7) is 0. The Morgan fingerprint density at radius 2 is 1.93 bits per heavy atom. The van der Waals surface area contributed by atoms with Crippen LogP contribution in [-0.2, 0) is 0 Å². The summed E-state index contributed by atoms with van der Waals surface area (Å²) in [5.74, 6) is 0.678. The molecule has 0 atom stereocenters. The summed E-state index contributed by atoms with van der Waals surface area (Å²) in [4.78, 5) is 9.27. The van der Waals surface area contributed by atoms with Gasteiger partial charge >= 0.3 is 0 Å². The first-order valence-corrected chi connectivity index (χ1v) is 9.99. The Kier molecular flexibility index (Phi) is 4.45. The van der Waals surface area contributed by atoms with Crippen molar-refractivity contribution >= 4 is 23.1 Å². The van der Waals surface area contributed by atoms with Crippen LogP contribution in [0.25, 0.3) is 28.0 Å². The highest BCUT2D eigenvalue weighted by Crippen LogP contribution is 2.35. The number of aromatic nitrogens is 4. The summed E-state index contributed by atoms with van der Waals surface area (Å²) in [6.07, 6.45) is 8.66. The van der Waals surface area contributed by atoms with Gasteiger partial charge in [-0.3, -0.25) is 0 Å². The molecule has 1 aliphatic rings. The number of halogens is 1. The van der Waals surface area contributed by atoms with Crippen LogP contribution in [0.15, 0.2) is 60.9 Å². The Morgan fingerprint density at radius 3 is 2.79 bits per heavy atom. The van der Waals surface area contributed by atoms with E-state index in [4.69, 9.17) is 21.7 Å². The van der Waals surface area contributed by atoms with Crippen LogP contribution in [0.5, 0.6) is 0 Å². The molecule has 5 rings (SSSR count). The first-order chi connectivity index (χ1) is 13.8. The lowest BCUT2D eigenvalue weighted by Crippen LogP contribution is -2.16. The monoisotopic (exact) mass is 389 g/mol. The molecule has 28 heavy (non-hydrogen) atoms. The van der Waals surface area contributed by atoms with Gasteiger partial charge in [0.15, 0.2) is 0 Å². The van der Waals surface area contributed by atoms with E-state index in [0.717, 1.165) is 28.0 Å². The third kappa shape index (κ3) is 3.22. The standard InChI is InChI=1S/C22H20ClN5/c23-16-7-5-6-15(14-16)21-20(19-10-3-4-13-28(19)27-21)18-11-12-24-22(26-18)25-17-8-1-2-9-17/h3-7,10-14,17H,1-2,8-9H2,(H,24,25,26). The van der Waals surface area contributed by atoms with Crippen LogP contribution in [0, 0.1) is 0 Å². The fourth-order valence-corrected chi connectivity index (χ4v) is 4.10. The molecular formula is C22H20ClN5. The van der Waals surface area contributed by atoms with Gasteiger partial charge in [0.2, 0.25) is 5.95 Å². The lowest BCUT2D eigenvalue weighted by Gasteiger charge is -2.12. The zero-order valence-electron chi connectivity index (χ0n) is 15.3. The van der Waals surface area contributed by atoms with E-state index in [1.807, 2.05) is 59.4 Å². The van der Waals surface area contributed by atoms with Gasteiger partial charge in [-0.25, -0.2) is 14.5 Å². The van der Waals surface area contributed by atoms with Gasteiger partial charge in [-0.05, 0) is 43.2 Å². The van der Waals surface area contributed by atoms with Crippen LogP contribution >= 0.6 is 11.6 Å². The van der Waals surface area contributed by atoms with Crippen molar-refractivity contribution in [2.75, 3.05) is 5.32 Å². The largest absolute Gasteiger partial charge is 0.351 e. The molecule has 5 nitrogen and oxygen atoms in total. The van der Waals surface area contributed by atoms with Crippen molar-refractivity contribution in [3.05, 3.63) is 65.9 Å². The number of pyridine rings is 1. The molecule has 0 saturated heterocycles. The van der Waals surface area contributed by atoms with Gasteiger partial charge in [-0.2, -0.15) is 5.10 Å². The average molecular weight is 390 g/mol. The van der Waals surface area contributed by atoms with Crippen molar-refractivity contribution in [3.8, 4) is 22.5 Å². The molecule has 0 radical (unpaired) electrons. The summed E-state index contributed by atoms with van der Waals surface area (Å²) in [5.41, 5.74) is 4.67. The van der Waals surface area contributed by atoms with Crippen LogP contribution in [0.2, 0.25) is 5.02 Å². The normalized spacial score (nSPS) is 14.6. The van der Waals surface area contributed by atoms with Crippen LogP contribution in [0.1, 0.15) is 25.7 Å². The van der Waals surface area contributed by atoms with Crippen LogP contribution in [0.4, 0.5) is 5.95 Å². The highest BCUT2D eigenvalue weighted by Gasteiger charge is 2.19. The van der Waals surface area contributed by atoms with Crippen molar-refractivity contribution in [1.29, 1.82) is 0 Å². The van der Waals surface area contributed by atoms with Gasteiger partial charge in [-0.15, -0.1) is 0 Å². The molecule has 1 fully saturated rings. The van der Waals surface area contributed by atoms with E-state index in [9.17, 15) is 0 Å². The number of benzene rings is 1. The molecule has 4 aromatic rings. The molecule has 1 N–H and O–H groups in total. The number of hydrogen-bond acceptors (Lipinski definition) is 4. The van der Waals surface area contributed by atoms with Gasteiger partial charge < -0.3 is 5.32 Å². The summed E-state index contributed by atoms with van der Waals surface area (Å²) >= 11 is 6.24. The second-order valence-corrected chi connectivity index (χ2v) is 7.59. The molecule has 3 aromatic heterocycles. The van der Waals surface area contributed by atoms with Gasteiger partial charge in [0.1, 0.15) is 5.69 Å². The molecule has 0 unspecified atom stereocenters. The third-order valence-electron chi connectivity index (χ3n) is 5.24. The number of nitrogens with zero attached hydrogens (tertiary/aromatic N) is 4. The predicted octanol–water partition coefficient (Wildman–Crippen LogP) is 5.47. The fourth-order valence-electron chi connectivity index (χ4n) is 3.91. The predicted molar refractivity (Wildman–Crippen MR) is 113 cm³/mol. The van der Waals surface area contributed by atoms with E-state index in [2.05, 4.69) is 16.4 Å². The summed E-state index contributed by atoms with van der Waals surface area (Å²) in [5, 5.41) is 8.99. The third-order valence-corrected chi connectivity index (χ3v) is 5.47. The Balaban J connectivity index is 1.64. The maximum atomic E-state index is 6.24.